The summed E-state index contributed by atoms with van der Waals surface area (Å²) in [6.45, 7) is 0. The van der Waals surface area contributed by atoms with Gasteiger partial charge in [0.05, 0.1) is 15.7 Å². The molecule has 2 nitrogen and oxygen atoms in total. The highest BCUT2D eigenvalue weighted by atomic mass is 79.9. The van der Waals surface area contributed by atoms with Gasteiger partial charge in [0.2, 0.25) is 5.91 Å². The Morgan fingerprint density at radius 2 is 2.05 bits per heavy atom. The quantitative estimate of drug-likeness (QED) is 0.647. The van der Waals surface area contributed by atoms with Crippen molar-refractivity contribution in [2.24, 2.45) is 0 Å². The summed E-state index contributed by atoms with van der Waals surface area (Å²) in [5, 5.41) is 3.28. The fraction of sp³-hybridized carbons (Fsp3) is 0.133. The van der Waals surface area contributed by atoms with Gasteiger partial charge in [-0.25, -0.2) is 4.39 Å². The number of fused-ring (bicyclic) bond motifs is 1. The van der Waals surface area contributed by atoms with Crippen LogP contribution < -0.4 is 5.32 Å². The number of anilines is 1. The van der Waals surface area contributed by atoms with Crippen LogP contribution in [-0.4, -0.2) is 5.91 Å². The van der Waals surface area contributed by atoms with E-state index in [2.05, 4.69) is 37.2 Å². The number of amides is 1. The SMILES string of the molecule is O=C1Cc2cc(C(Br)c3cccc(F)c3Br)c(Cl)cc2N1. The van der Waals surface area contributed by atoms with E-state index in [-0.39, 0.29) is 16.6 Å². The summed E-state index contributed by atoms with van der Waals surface area (Å²) < 4.78 is 14.1. The molecule has 0 saturated heterocycles. The summed E-state index contributed by atoms with van der Waals surface area (Å²) in [6, 6.07) is 8.47. The van der Waals surface area contributed by atoms with Gasteiger partial charge in [-0.15, -0.1) is 0 Å². The second-order valence-corrected chi connectivity index (χ2v) is 6.88. The number of alkyl halides is 1. The smallest absolute Gasteiger partial charge is 0.228 e. The molecule has 0 fully saturated rings. The Morgan fingerprint density at radius 1 is 1.29 bits per heavy atom. The number of rotatable bonds is 2. The van der Waals surface area contributed by atoms with Crippen LogP contribution in [0.25, 0.3) is 0 Å². The molecule has 1 amide bonds. The molecule has 2 aromatic carbocycles. The molecule has 1 aliphatic rings. The van der Waals surface area contributed by atoms with Gasteiger partial charge in [0, 0.05) is 10.7 Å². The monoisotopic (exact) mass is 431 g/mol. The average Bonchev–Trinajstić information content (AvgIpc) is 2.79. The van der Waals surface area contributed by atoms with Gasteiger partial charge in [-0.3, -0.25) is 4.79 Å². The highest BCUT2D eigenvalue weighted by molar-refractivity contribution is 9.11. The summed E-state index contributed by atoms with van der Waals surface area (Å²) in [5.74, 6) is -0.373. The molecule has 1 heterocycles. The van der Waals surface area contributed by atoms with Crippen molar-refractivity contribution in [2.75, 3.05) is 5.32 Å². The minimum absolute atomic E-state index is 0.0451. The molecule has 0 saturated carbocycles. The number of benzene rings is 2. The average molecular weight is 434 g/mol. The zero-order valence-corrected chi connectivity index (χ0v) is 14.5. The highest BCUT2D eigenvalue weighted by Crippen LogP contribution is 2.42. The molecule has 21 heavy (non-hydrogen) atoms. The van der Waals surface area contributed by atoms with Crippen LogP contribution in [0, 0.1) is 5.82 Å². The summed E-state index contributed by atoms with van der Waals surface area (Å²) >= 11 is 13.1. The molecule has 0 bridgehead atoms. The summed E-state index contributed by atoms with van der Waals surface area (Å²) in [6.07, 6.45) is 0.337. The maximum Gasteiger partial charge on any atom is 0.228 e. The number of carbonyl (C=O) groups is 1. The van der Waals surface area contributed by atoms with Crippen molar-refractivity contribution < 1.29 is 9.18 Å². The van der Waals surface area contributed by atoms with Crippen LogP contribution in [0.15, 0.2) is 34.8 Å². The van der Waals surface area contributed by atoms with Gasteiger partial charge in [-0.05, 0) is 44.8 Å². The molecule has 2 aromatic rings. The van der Waals surface area contributed by atoms with Crippen LogP contribution in [0.3, 0.4) is 0 Å². The Hall–Kier alpha value is -0.910. The molecule has 1 N–H and O–H groups in total. The Kier molecular flexibility index (Phi) is 4.08. The molecular weight excluding hydrogens is 424 g/mol. The summed E-state index contributed by atoms with van der Waals surface area (Å²) in [7, 11) is 0. The fourth-order valence-electron chi connectivity index (χ4n) is 2.35. The van der Waals surface area contributed by atoms with Crippen molar-refractivity contribution >= 4 is 55.1 Å². The molecule has 1 atom stereocenters. The summed E-state index contributed by atoms with van der Waals surface area (Å²) in [4.78, 5) is 11.2. The lowest BCUT2D eigenvalue weighted by atomic mass is 10.0. The summed E-state index contributed by atoms with van der Waals surface area (Å²) in [5.41, 5.74) is 3.19. The number of nitrogens with one attached hydrogen (secondary N) is 1. The van der Waals surface area contributed by atoms with Crippen molar-refractivity contribution in [1.82, 2.24) is 0 Å². The van der Waals surface area contributed by atoms with E-state index in [1.54, 1.807) is 12.1 Å². The predicted molar refractivity (Wildman–Crippen MR) is 88.7 cm³/mol. The first kappa shape index (κ1) is 15.0. The van der Waals surface area contributed by atoms with Crippen LogP contribution in [0.5, 0.6) is 0 Å². The van der Waals surface area contributed by atoms with Crippen LogP contribution in [0.2, 0.25) is 5.02 Å². The highest BCUT2D eigenvalue weighted by Gasteiger charge is 2.24. The van der Waals surface area contributed by atoms with E-state index in [9.17, 15) is 9.18 Å². The van der Waals surface area contributed by atoms with Gasteiger partial charge in [0.25, 0.3) is 0 Å². The zero-order chi connectivity index (χ0) is 15.1. The third-order valence-electron chi connectivity index (χ3n) is 3.38. The van der Waals surface area contributed by atoms with Gasteiger partial charge >= 0.3 is 0 Å². The number of carbonyl (C=O) groups excluding carboxylic acids is 1. The van der Waals surface area contributed by atoms with E-state index >= 15 is 0 Å². The zero-order valence-electron chi connectivity index (χ0n) is 10.6. The maximum absolute atomic E-state index is 13.7. The van der Waals surface area contributed by atoms with Crippen LogP contribution in [0.4, 0.5) is 10.1 Å². The van der Waals surface area contributed by atoms with E-state index in [1.165, 1.54) is 6.07 Å². The van der Waals surface area contributed by atoms with Gasteiger partial charge in [-0.2, -0.15) is 0 Å². The first-order valence-corrected chi connectivity index (χ1v) is 8.26. The second-order valence-electron chi connectivity index (χ2n) is 4.76. The number of hydrogen-bond donors (Lipinski definition) is 1. The molecule has 0 radical (unpaired) electrons. The maximum atomic E-state index is 13.7. The Morgan fingerprint density at radius 3 is 2.81 bits per heavy atom. The van der Waals surface area contributed by atoms with E-state index in [0.29, 0.717) is 15.9 Å². The molecule has 6 heteroatoms. The Labute approximate surface area is 142 Å². The lowest BCUT2D eigenvalue weighted by Crippen LogP contribution is -2.03. The van der Waals surface area contributed by atoms with Crippen molar-refractivity contribution in [1.29, 1.82) is 0 Å². The first-order valence-electron chi connectivity index (χ1n) is 6.17. The molecule has 1 aliphatic heterocycles. The number of halogens is 4. The van der Waals surface area contributed by atoms with Crippen molar-refractivity contribution in [3.8, 4) is 0 Å². The molecular formula is C15H9Br2ClFNO. The Bertz CT molecular complexity index is 751. The minimum atomic E-state index is -0.328. The number of hydrogen-bond acceptors (Lipinski definition) is 1. The topological polar surface area (TPSA) is 29.1 Å². The standard InChI is InChI=1S/C15H9Br2ClFNO/c16-14(8-2-1-3-11(19)15(8)17)9-4-7-5-13(21)20-12(7)6-10(9)18/h1-4,6,14H,5H2,(H,20,21). The van der Waals surface area contributed by atoms with E-state index in [0.717, 1.165) is 22.4 Å². The molecule has 0 spiro atoms. The first-order chi connectivity index (χ1) is 9.97. The second kappa shape index (κ2) is 5.71. The predicted octanol–water partition coefficient (Wildman–Crippen LogP) is 5.22. The normalized spacial score (nSPS) is 14.8. The minimum Gasteiger partial charge on any atom is -0.325 e. The van der Waals surface area contributed by atoms with Gasteiger partial charge in [0.1, 0.15) is 5.82 Å². The lowest BCUT2D eigenvalue weighted by Gasteiger charge is -2.16. The largest absolute Gasteiger partial charge is 0.325 e. The molecule has 0 aliphatic carbocycles. The fourth-order valence-corrected chi connectivity index (χ4v) is 4.31. The van der Waals surface area contributed by atoms with E-state index in [1.807, 2.05) is 12.1 Å². The van der Waals surface area contributed by atoms with Gasteiger partial charge in [0.15, 0.2) is 0 Å². The third kappa shape index (κ3) is 2.74. The van der Waals surface area contributed by atoms with Crippen LogP contribution in [0.1, 0.15) is 21.5 Å². The van der Waals surface area contributed by atoms with Crippen molar-refractivity contribution in [3.63, 3.8) is 0 Å². The lowest BCUT2D eigenvalue weighted by molar-refractivity contribution is -0.115. The molecule has 0 aromatic heterocycles. The van der Waals surface area contributed by atoms with Crippen molar-refractivity contribution in [3.05, 3.63) is 62.3 Å². The van der Waals surface area contributed by atoms with Crippen LogP contribution >= 0.6 is 43.5 Å². The third-order valence-corrected chi connectivity index (χ3v) is 5.53. The van der Waals surface area contributed by atoms with Crippen LogP contribution in [-0.2, 0) is 11.2 Å². The van der Waals surface area contributed by atoms with E-state index < -0.39 is 0 Å². The van der Waals surface area contributed by atoms with E-state index in [4.69, 9.17) is 11.6 Å². The van der Waals surface area contributed by atoms with Gasteiger partial charge < -0.3 is 5.32 Å². The molecule has 108 valence electrons. The molecule has 1 unspecified atom stereocenters. The Balaban J connectivity index is 2.06. The van der Waals surface area contributed by atoms with Crippen molar-refractivity contribution in [2.45, 2.75) is 11.2 Å². The molecule has 3 rings (SSSR count). The van der Waals surface area contributed by atoms with Gasteiger partial charge in [-0.1, -0.05) is 45.7 Å².